The fraction of sp³-hybridized carbons (Fsp3) is 0.542. The summed E-state index contributed by atoms with van der Waals surface area (Å²) in [7, 11) is 0. The van der Waals surface area contributed by atoms with E-state index in [1.165, 1.54) is 11.9 Å². The van der Waals surface area contributed by atoms with Crippen molar-refractivity contribution in [3.63, 3.8) is 0 Å². The Balaban J connectivity index is 1.31. The number of pyridine rings is 1. The van der Waals surface area contributed by atoms with Crippen LogP contribution in [0.4, 0.5) is 14.6 Å². The van der Waals surface area contributed by atoms with Gasteiger partial charge in [0.2, 0.25) is 5.91 Å². The fourth-order valence-electron chi connectivity index (χ4n) is 4.88. The van der Waals surface area contributed by atoms with Crippen molar-refractivity contribution in [1.82, 2.24) is 29.4 Å². The van der Waals surface area contributed by atoms with Gasteiger partial charge in [0, 0.05) is 36.5 Å². The molecule has 194 valence electrons. The molecular weight excluding hydrogens is 518 g/mol. The molecule has 3 aromatic rings. The summed E-state index contributed by atoms with van der Waals surface area (Å²) >= 11 is 2.24. The Kier molecular flexibility index (Phi) is 6.08. The number of nitrogens with zero attached hydrogens (tertiary/aromatic N) is 7. The van der Waals surface area contributed by atoms with E-state index in [4.69, 9.17) is 0 Å². The Morgan fingerprint density at radius 2 is 1.95 bits per heavy atom. The minimum absolute atomic E-state index is 0.215. The highest BCUT2D eigenvalue weighted by Gasteiger charge is 2.44. The molecule has 0 radical (unpaired) electrons. The van der Waals surface area contributed by atoms with Gasteiger partial charge in [-0.05, 0) is 49.8 Å². The lowest BCUT2D eigenvalue weighted by atomic mass is 9.69. The number of rotatable bonds is 7. The standard InChI is InChI=1S/C24H26F2N8OS2/c1-23(3-2-4-23)22(35)33-9-7-32(8-10-33)18-12-15(37-31-24(14-27)5-6-24)11-17-16(13-28-34(17)18)20-29-30-21(36-20)19(25)26/h11-13,19,31H,2-10H2,1H3. The third-order valence-electron chi connectivity index (χ3n) is 7.62. The van der Waals surface area contributed by atoms with E-state index in [2.05, 4.69) is 37.9 Å². The molecule has 0 spiro atoms. The molecule has 3 aromatic heterocycles. The van der Waals surface area contributed by atoms with E-state index >= 15 is 0 Å². The largest absolute Gasteiger partial charge is 0.353 e. The number of halogens is 2. The van der Waals surface area contributed by atoms with Crippen LogP contribution in [-0.2, 0) is 4.79 Å². The third kappa shape index (κ3) is 4.45. The molecular formula is C24H26F2N8OS2. The normalized spacial score (nSPS) is 20.2. The van der Waals surface area contributed by atoms with Crippen LogP contribution < -0.4 is 9.62 Å². The second kappa shape index (κ2) is 9.18. The van der Waals surface area contributed by atoms with E-state index in [9.17, 15) is 18.8 Å². The predicted molar refractivity (Wildman–Crippen MR) is 136 cm³/mol. The first-order valence-corrected chi connectivity index (χ1v) is 14.0. The number of nitrogens with one attached hydrogen (secondary N) is 1. The van der Waals surface area contributed by atoms with Crippen molar-refractivity contribution < 1.29 is 13.6 Å². The average Bonchev–Trinajstić information content (AvgIpc) is 3.29. The van der Waals surface area contributed by atoms with Gasteiger partial charge in [0.1, 0.15) is 11.4 Å². The van der Waals surface area contributed by atoms with E-state index in [1.54, 1.807) is 10.7 Å². The molecule has 13 heteroatoms. The SMILES string of the molecule is CC1(C(=O)N2CCN(c3cc(SNC4(C#N)CC4)cc4c(-c5nnc(C(F)F)s5)cnn34)CC2)CCC1. The summed E-state index contributed by atoms with van der Waals surface area (Å²) in [6.07, 6.45) is 3.59. The Labute approximate surface area is 221 Å². The highest BCUT2D eigenvalue weighted by Crippen LogP contribution is 2.42. The smallest absolute Gasteiger partial charge is 0.291 e. The molecule has 2 aliphatic carbocycles. The lowest BCUT2D eigenvalue weighted by molar-refractivity contribution is -0.146. The molecule has 1 aliphatic heterocycles. The Morgan fingerprint density at radius 1 is 1.19 bits per heavy atom. The minimum Gasteiger partial charge on any atom is -0.353 e. The number of fused-ring (bicyclic) bond motifs is 1. The van der Waals surface area contributed by atoms with Crippen LogP contribution in [0.1, 0.15) is 50.5 Å². The maximum absolute atomic E-state index is 13.2. The van der Waals surface area contributed by atoms with Crippen molar-refractivity contribution >= 4 is 40.5 Å². The molecule has 6 rings (SSSR count). The molecule has 9 nitrogen and oxygen atoms in total. The minimum atomic E-state index is -2.68. The second-order valence-electron chi connectivity index (χ2n) is 10.2. The average molecular weight is 545 g/mol. The third-order valence-corrected chi connectivity index (χ3v) is 9.55. The zero-order valence-electron chi connectivity index (χ0n) is 20.3. The fourth-order valence-corrected chi connectivity index (χ4v) is 6.50. The first-order chi connectivity index (χ1) is 17.8. The van der Waals surface area contributed by atoms with Gasteiger partial charge in [0.25, 0.3) is 6.43 Å². The van der Waals surface area contributed by atoms with Crippen molar-refractivity contribution in [1.29, 1.82) is 5.26 Å². The number of nitriles is 1. The highest BCUT2D eigenvalue weighted by atomic mass is 32.2. The predicted octanol–water partition coefficient (Wildman–Crippen LogP) is 4.28. The Morgan fingerprint density at radius 3 is 2.54 bits per heavy atom. The summed E-state index contributed by atoms with van der Waals surface area (Å²) in [6, 6.07) is 6.28. The van der Waals surface area contributed by atoms with Gasteiger partial charge >= 0.3 is 0 Å². The lowest BCUT2D eigenvalue weighted by Crippen LogP contribution is -2.54. The summed E-state index contributed by atoms with van der Waals surface area (Å²) in [6.45, 7) is 4.64. The van der Waals surface area contributed by atoms with Gasteiger partial charge in [-0.25, -0.2) is 18.0 Å². The van der Waals surface area contributed by atoms with Gasteiger partial charge in [0.15, 0.2) is 10.0 Å². The zero-order chi connectivity index (χ0) is 25.8. The number of piperazine rings is 1. The molecule has 3 aliphatic rings. The molecule has 2 saturated carbocycles. The summed E-state index contributed by atoms with van der Waals surface area (Å²) < 4.78 is 31.4. The summed E-state index contributed by atoms with van der Waals surface area (Å²) in [5.41, 5.74) is 0.629. The van der Waals surface area contributed by atoms with Crippen LogP contribution >= 0.6 is 23.3 Å². The van der Waals surface area contributed by atoms with Gasteiger partial charge in [-0.15, -0.1) is 10.2 Å². The first-order valence-electron chi connectivity index (χ1n) is 12.3. The molecule has 4 heterocycles. The Bertz CT molecular complexity index is 1380. The molecule has 1 amide bonds. The van der Waals surface area contributed by atoms with Gasteiger partial charge < -0.3 is 9.80 Å². The van der Waals surface area contributed by atoms with Crippen molar-refractivity contribution in [3.05, 3.63) is 23.3 Å². The van der Waals surface area contributed by atoms with Gasteiger partial charge in [-0.1, -0.05) is 24.7 Å². The van der Waals surface area contributed by atoms with E-state index in [1.807, 2.05) is 17.0 Å². The maximum Gasteiger partial charge on any atom is 0.291 e. The van der Waals surface area contributed by atoms with Gasteiger partial charge in [0.05, 0.1) is 23.3 Å². The van der Waals surface area contributed by atoms with Crippen LogP contribution in [0.15, 0.2) is 23.2 Å². The van der Waals surface area contributed by atoms with Crippen molar-refractivity contribution in [2.45, 2.75) is 55.9 Å². The number of aromatic nitrogens is 4. The number of carbonyl (C=O) groups excluding carboxylic acids is 1. The summed E-state index contributed by atoms with van der Waals surface area (Å²) in [5.74, 6) is 1.09. The van der Waals surface area contributed by atoms with E-state index in [0.717, 1.165) is 59.7 Å². The van der Waals surface area contributed by atoms with Crippen molar-refractivity contribution in [2.24, 2.45) is 5.41 Å². The van der Waals surface area contributed by atoms with Crippen LogP contribution in [0.3, 0.4) is 0 Å². The number of alkyl halides is 2. The second-order valence-corrected chi connectivity index (χ2v) is 12.1. The first kappa shape index (κ1) is 24.5. The van der Waals surface area contributed by atoms with Crippen LogP contribution in [0, 0.1) is 16.7 Å². The van der Waals surface area contributed by atoms with Crippen LogP contribution in [0.25, 0.3) is 16.1 Å². The molecule has 1 N–H and O–H groups in total. The number of anilines is 1. The number of carbonyl (C=O) groups is 1. The molecule has 0 unspecified atom stereocenters. The quantitative estimate of drug-likeness (QED) is 0.440. The summed E-state index contributed by atoms with van der Waals surface area (Å²) in [4.78, 5) is 18.1. The highest BCUT2D eigenvalue weighted by molar-refractivity contribution is 7.97. The van der Waals surface area contributed by atoms with E-state index < -0.39 is 12.0 Å². The molecule has 0 aromatic carbocycles. The van der Waals surface area contributed by atoms with Crippen LogP contribution in [0.2, 0.25) is 0 Å². The molecule has 1 saturated heterocycles. The maximum atomic E-state index is 13.2. The molecule has 0 bridgehead atoms. The monoisotopic (exact) mass is 544 g/mol. The number of hydrogen-bond acceptors (Lipinski definition) is 9. The van der Waals surface area contributed by atoms with Gasteiger partial charge in [-0.3, -0.25) is 4.79 Å². The lowest BCUT2D eigenvalue weighted by Gasteiger charge is -2.44. The number of hydrogen-bond donors (Lipinski definition) is 1. The van der Waals surface area contributed by atoms with Crippen molar-refractivity contribution in [2.75, 3.05) is 31.1 Å². The van der Waals surface area contributed by atoms with Crippen molar-refractivity contribution in [3.8, 4) is 16.6 Å². The Hall–Kier alpha value is -2.82. The summed E-state index contributed by atoms with van der Waals surface area (Å²) in [5, 5.41) is 21.7. The van der Waals surface area contributed by atoms with Crippen LogP contribution in [0.5, 0.6) is 0 Å². The molecule has 3 fully saturated rings. The van der Waals surface area contributed by atoms with E-state index in [0.29, 0.717) is 36.8 Å². The van der Waals surface area contributed by atoms with E-state index in [-0.39, 0.29) is 16.3 Å². The molecule has 0 atom stereocenters. The zero-order valence-corrected chi connectivity index (χ0v) is 21.9. The van der Waals surface area contributed by atoms with Gasteiger partial charge in [-0.2, -0.15) is 10.4 Å². The number of amides is 1. The molecule has 37 heavy (non-hydrogen) atoms. The topological polar surface area (TPSA) is 102 Å². The van der Waals surface area contributed by atoms with Crippen LogP contribution in [-0.4, -0.2) is 62.3 Å².